The summed E-state index contributed by atoms with van der Waals surface area (Å²) >= 11 is 0. The number of benzene rings is 2. The van der Waals surface area contributed by atoms with Crippen molar-refractivity contribution in [3.63, 3.8) is 0 Å². The second-order valence-corrected chi connectivity index (χ2v) is 6.59. The monoisotopic (exact) mass is 365 g/mol. The third kappa shape index (κ3) is 6.74. The summed E-state index contributed by atoms with van der Waals surface area (Å²) in [5.74, 6) is -1.34. The van der Waals surface area contributed by atoms with Crippen molar-refractivity contribution >= 4 is 11.9 Å². The highest BCUT2D eigenvalue weighted by molar-refractivity contribution is 5.97. The molecule has 0 heterocycles. The molecule has 0 saturated heterocycles. The largest absolute Gasteiger partial charge is 0.480 e. The van der Waals surface area contributed by atoms with Crippen molar-refractivity contribution in [2.75, 3.05) is 0 Å². The summed E-state index contributed by atoms with van der Waals surface area (Å²) < 4.78 is 0. The van der Waals surface area contributed by atoms with E-state index in [4.69, 9.17) is 0 Å². The summed E-state index contributed by atoms with van der Waals surface area (Å²) in [6.07, 6.45) is 7.17. The minimum absolute atomic E-state index is 0.353. The quantitative estimate of drug-likeness (QED) is 0.432. The molecule has 2 N–H and O–H groups in total. The molecule has 0 aliphatic rings. The first-order valence-corrected chi connectivity index (χ1v) is 9.42. The number of carboxylic acid groups (broad SMARTS) is 1. The van der Waals surface area contributed by atoms with E-state index in [1.54, 1.807) is 12.1 Å². The second kappa shape index (κ2) is 11.0. The van der Waals surface area contributed by atoms with E-state index in [0.717, 1.165) is 43.2 Å². The molecule has 0 aromatic heterocycles. The van der Waals surface area contributed by atoms with Crippen LogP contribution in [0.1, 0.15) is 48.9 Å². The van der Waals surface area contributed by atoms with E-state index in [1.807, 2.05) is 48.5 Å². The molecule has 4 heteroatoms. The zero-order valence-corrected chi connectivity index (χ0v) is 15.6. The number of carbonyl (C=O) groups excluding carboxylic acids is 1. The number of hydrogen-bond acceptors (Lipinski definition) is 2. The molecule has 1 atom stereocenters. The molecule has 0 fully saturated rings. The van der Waals surface area contributed by atoms with Gasteiger partial charge in [-0.1, -0.05) is 67.8 Å². The molecule has 0 radical (unpaired) electrons. The molecular weight excluding hydrogens is 338 g/mol. The van der Waals surface area contributed by atoms with E-state index in [9.17, 15) is 14.7 Å². The lowest BCUT2D eigenvalue weighted by molar-refractivity contribution is -0.139. The number of allylic oxidation sites excluding steroid dienone is 1. The number of rotatable bonds is 11. The molecule has 4 nitrogen and oxygen atoms in total. The molecule has 1 amide bonds. The molecule has 0 saturated carbocycles. The number of carboxylic acids is 1. The Bertz CT molecular complexity index is 738. The van der Waals surface area contributed by atoms with Gasteiger partial charge in [0.25, 0.3) is 5.91 Å². The number of unbranched alkanes of at least 4 members (excludes halogenated alkanes) is 4. The molecule has 0 aliphatic carbocycles. The summed E-state index contributed by atoms with van der Waals surface area (Å²) in [4.78, 5) is 23.8. The second-order valence-electron chi connectivity index (χ2n) is 6.59. The van der Waals surface area contributed by atoms with Crippen LogP contribution in [0.2, 0.25) is 0 Å². The molecule has 0 spiro atoms. The van der Waals surface area contributed by atoms with Gasteiger partial charge in [0.15, 0.2) is 0 Å². The Balaban J connectivity index is 1.89. The molecule has 142 valence electrons. The van der Waals surface area contributed by atoms with Gasteiger partial charge in [0.2, 0.25) is 0 Å². The molecule has 2 rings (SSSR count). The summed E-state index contributed by atoms with van der Waals surface area (Å²) in [6.45, 7) is 3.69. The number of amides is 1. The topological polar surface area (TPSA) is 66.4 Å². The first-order chi connectivity index (χ1) is 13.1. The van der Waals surface area contributed by atoms with Gasteiger partial charge in [0, 0.05) is 5.56 Å². The van der Waals surface area contributed by atoms with E-state index in [-0.39, 0.29) is 5.91 Å². The minimum Gasteiger partial charge on any atom is -0.480 e. The average molecular weight is 365 g/mol. The minimum atomic E-state index is -0.990. The van der Waals surface area contributed by atoms with Crippen LogP contribution in [0.4, 0.5) is 0 Å². The van der Waals surface area contributed by atoms with Crippen molar-refractivity contribution in [1.82, 2.24) is 5.32 Å². The third-order valence-corrected chi connectivity index (χ3v) is 4.51. The highest BCUT2D eigenvalue weighted by Crippen LogP contribution is 2.19. The Hall–Kier alpha value is -2.88. The van der Waals surface area contributed by atoms with Crippen LogP contribution in [0.5, 0.6) is 0 Å². The van der Waals surface area contributed by atoms with E-state index >= 15 is 0 Å². The van der Waals surface area contributed by atoms with Crippen molar-refractivity contribution in [1.29, 1.82) is 0 Å². The summed E-state index contributed by atoms with van der Waals surface area (Å²) in [6, 6.07) is 16.2. The fraction of sp³-hybridized carbons (Fsp3) is 0.304. The van der Waals surface area contributed by atoms with Crippen molar-refractivity contribution < 1.29 is 14.7 Å². The molecule has 2 aromatic carbocycles. The van der Waals surface area contributed by atoms with Crippen LogP contribution in [-0.4, -0.2) is 23.0 Å². The van der Waals surface area contributed by atoms with Crippen molar-refractivity contribution in [2.24, 2.45) is 0 Å². The molecular formula is C23H27NO3. The van der Waals surface area contributed by atoms with Crippen LogP contribution in [0.3, 0.4) is 0 Å². The number of carbonyl (C=O) groups is 2. The predicted octanol–water partition coefficient (Wildman–Crippen LogP) is 5.06. The number of hydrogen-bond donors (Lipinski definition) is 2. The Morgan fingerprint density at radius 2 is 1.56 bits per heavy atom. The van der Waals surface area contributed by atoms with Crippen molar-refractivity contribution in [2.45, 2.75) is 44.6 Å². The van der Waals surface area contributed by atoms with E-state index in [2.05, 4.69) is 11.9 Å². The fourth-order valence-electron chi connectivity index (χ4n) is 2.93. The Morgan fingerprint density at radius 1 is 0.926 bits per heavy atom. The molecule has 27 heavy (non-hydrogen) atoms. The lowest BCUT2D eigenvalue weighted by atomic mass is 10.0. The van der Waals surface area contributed by atoms with Gasteiger partial charge in [-0.15, -0.1) is 6.58 Å². The first-order valence-electron chi connectivity index (χ1n) is 9.42. The van der Waals surface area contributed by atoms with Gasteiger partial charge < -0.3 is 10.4 Å². The number of aliphatic carboxylic acids is 1. The van der Waals surface area contributed by atoms with Crippen LogP contribution in [-0.2, 0) is 4.79 Å². The van der Waals surface area contributed by atoms with Crippen molar-refractivity contribution in [3.05, 3.63) is 72.8 Å². The van der Waals surface area contributed by atoms with Crippen LogP contribution in [0.25, 0.3) is 11.1 Å². The van der Waals surface area contributed by atoms with Gasteiger partial charge >= 0.3 is 5.97 Å². The van der Waals surface area contributed by atoms with Crippen LogP contribution >= 0.6 is 0 Å². The first kappa shape index (κ1) is 20.4. The smallest absolute Gasteiger partial charge is 0.326 e. The molecule has 2 aromatic rings. The highest BCUT2D eigenvalue weighted by atomic mass is 16.4. The third-order valence-electron chi connectivity index (χ3n) is 4.51. The molecule has 0 aliphatic heterocycles. The van der Waals surface area contributed by atoms with Crippen LogP contribution in [0.15, 0.2) is 67.3 Å². The zero-order chi connectivity index (χ0) is 19.5. The highest BCUT2D eigenvalue weighted by Gasteiger charge is 2.20. The maximum Gasteiger partial charge on any atom is 0.326 e. The molecule has 0 bridgehead atoms. The standard InChI is InChI=1S/C23H27NO3/c1-2-3-4-5-6-10-13-21(23(26)27)24-22(25)20-16-14-19(15-17-20)18-11-8-7-9-12-18/h2,7-9,11-12,14-17,21H,1,3-6,10,13H2,(H,24,25)(H,26,27)/t21-/m1/s1. The SMILES string of the molecule is C=CCCCCCC[C@@H](NC(=O)c1ccc(-c2ccccc2)cc1)C(=O)O. The van der Waals surface area contributed by atoms with Gasteiger partial charge in [0.1, 0.15) is 6.04 Å². The van der Waals surface area contributed by atoms with E-state index < -0.39 is 12.0 Å². The van der Waals surface area contributed by atoms with Gasteiger partial charge in [-0.05, 0) is 42.5 Å². The van der Waals surface area contributed by atoms with Gasteiger partial charge in [-0.2, -0.15) is 0 Å². The maximum absolute atomic E-state index is 12.4. The fourth-order valence-corrected chi connectivity index (χ4v) is 2.93. The molecule has 0 unspecified atom stereocenters. The number of nitrogens with one attached hydrogen (secondary N) is 1. The normalized spacial score (nSPS) is 11.6. The Labute approximate surface area is 160 Å². The van der Waals surface area contributed by atoms with E-state index in [1.165, 1.54) is 0 Å². The Morgan fingerprint density at radius 3 is 2.19 bits per heavy atom. The zero-order valence-electron chi connectivity index (χ0n) is 15.6. The van der Waals surface area contributed by atoms with Gasteiger partial charge in [-0.3, -0.25) is 4.79 Å². The van der Waals surface area contributed by atoms with Crippen LogP contribution in [0, 0.1) is 0 Å². The summed E-state index contributed by atoms with van der Waals surface area (Å²) in [5, 5.41) is 12.0. The maximum atomic E-state index is 12.4. The van der Waals surface area contributed by atoms with Crippen molar-refractivity contribution in [3.8, 4) is 11.1 Å². The Kier molecular flexibility index (Phi) is 8.30. The summed E-state index contributed by atoms with van der Waals surface area (Å²) in [7, 11) is 0. The lowest BCUT2D eigenvalue weighted by Crippen LogP contribution is -2.40. The van der Waals surface area contributed by atoms with Crippen LogP contribution < -0.4 is 5.32 Å². The van der Waals surface area contributed by atoms with Gasteiger partial charge in [0.05, 0.1) is 0 Å². The summed E-state index contributed by atoms with van der Waals surface area (Å²) in [5.41, 5.74) is 2.55. The van der Waals surface area contributed by atoms with E-state index in [0.29, 0.717) is 12.0 Å². The lowest BCUT2D eigenvalue weighted by Gasteiger charge is -2.14. The van der Waals surface area contributed by atoms with Gasteiger partial charge in [-0.25, -0.2) is 4.79 Å². The average Bonchev–Trinajstić information content (AvgIpc) is 2.70. The predicted molar refractivity (Wildman–Crippen MR) is 109 cm³/mol.